The number of H-pyrrole nitrogens is 1. The highest BCUT2D eigenvalue weighted by Gasteiger charge is 2.25. The number of aromatic amines is 1. The molecule has 5 nitrogen and oxygen atoms in total. The van der Waals surface area contributed by atoms with Crippen LogP contribution in [0.15, 0.2) is 36.5 Å². The molecule has 0 bridgehead atoms. The minimum atomic E-state index is -0.398. The Labute approximate surface area is 124 Å². The summed E-state index contributed by atoms with van der Waals surface area (Å²) in [5.41, 5.74) is 0.824. The van der Waals surface area contributed by atoms with Crippen LogP contribution in [0.1, 0.15) is 27.8 Å². The Morgan fingerprint density at radius 2 is 2.05 bits per heavy atom. The van der Waals surface area contributed by atoms with Crippen LogP contribution in [0.25, 0.3) is 10.9 Å². The Morgan fingerprint density at radius 1 is 1.29 bits per heavy atom. The molecule has 0 radical (unpaired) electrons. The van der Waals surface area contributed by atoms with E-state index < -0.39 is 5.91 Å². The zero-order valence-corrected chi connectivity index (χ0v) is 11.8. The molecule has 0 saturated carbocycles. The smallest absolute Gasteiger partial charge is 0.230 e. The van der Waals surface area contributed by atoms with Crippen LogP contribution in [0.3, 0.4) is 0 Å². The highest BCUT2D eigenvalue weighted by molar-refractivity contribution is 6.31. The van der Waals surface area contributed by atoms with Gasteiger partial charge in [0.2, 0.25) is 17.6 Å². The number of carbonyl (C=O) groups excluding carboxylic acids is 2. The third kappa shape index (κ3) is 2.02. The van der Waals surface area contributed by atoms with E-state index in [2.05, 4.69) is 4.98 Å². The van der Waals surface area contributed by atoms with Crippen LogP contribution in [0.5, 0.6) is 5.88 Å². The Balaban J connectivity index is 2.35. The van der Waals surface area contributed by atoms with Crippen molar-refractivity contribution in [2.24, 2.45) is 0 Å². The van der Waals surface area contributed by atoms with Gasteiger partial charge in [0.25, 0.3) is 0 Å². The highest BCUT2D eigenvalue weighted by atomic mass is 35.5. The van der Waals surface area contributed by atoms with Crippen molar-refractivity contribution in [3.05, 3.63) is 52.8 Å². The molecular weight excluding hydrogens is 292 g/mol. The predicted octanol–water partition coefficient (Wildman–Crippen LogP) is 3.22. The molecule has 2 aromatic heterocycles. The first-order chi connectivity index (χ1) is 10.0. The van der Waals surface area contributed by atoms with E-state index in [9.17, 15) is 14.7 Å². The van der Waals surface area contributed by atoms with Crippen molar-refractivity contribution in [2.45, 2.75) is 6.92 Å². The van der Waals surface area contributed by atoms with Crippen molar-refractivity contribution in [3.63, 3.8) is 0 Å². The molecule has 2 heterocycles. The van der Waals surface area contributed by atoms with Crippen molar-refractivity contribution in [1.29, 1.82) is 0 Å². The van der Waals surface area contributed by atoms with E-state index in [1.165, 1.54) is 6.92 Å². The van der Waals surface area contributed by atoms with E-state index in [0.29, 0.717) is 21.6 Å². The first kappa shape index (κ1) is 13.5. The van der Waals surface area contributed by atoms with Crippen LogP contribution in [0.4, 0.5) is 0 Å². The van der Waals surface area contributed by atoms with Crippen molar-refractivity contribution < 1.29 is 14.7 Å². The zero-order chi connectivity index (χ0) is 15.1. The molecule has 106 valence electrons. The normalized spacial score (nSPS) is 11.0. The molecule has 0 fully saturated rings. The van der Waals surface area contributed by atoms with Crippen LogP contribution in [0, 0.1) is 0 Å². The molecule has 0 spiro atoms. The van der Waals surface area contributed by atoms with Gasteiger partial charge < -0.3 is 10.1 Å². The van der Waals surface area contributed by atoms with E-state index in [1.807, 2.05) is 0 Å². The van der Waals surface area contributed by atoms with Gasteiger partial charge in [0.05, 0.1) is 16.8 Å². The quantitative estimate of drug-likeness (QED) is 0.714. The van der Waals surface area contributed by atoms with Crippen LogP contribution in [0.2, 0.25) is 5.02 Å². The van der Waals surface area contributed by atoms with Gasteiger partial charge in [-0.05, 0) is 24.3 Å². The fraction of sp³-hybridized carbons (Fsp3) is 0.0667. The Kier molecular flexibility index (Phi) is 3.07. The van der Waals surface area contributed by atoms with E-state index in [1.54, 1.807) is 36.5 Å². The molecule has 0 saturated heterocycles. The zero-order valence-electron chi connectivity index (χ0n) is 11.1. The topological polar surface area (TPSA) is 75.1 Å². The number of aromatic nitrogens is 2. The lowest BCUT2D eigenvalue weighted by Gasteiger charge is -2.01. The number of aromatic hydroxyl groups is 1. The van der Waals surface area contributed by atoms with Gasteiger partial charge in [0.1, 0.15) is 0 Å². The van der Waals surface area contributed by atoms with Crippen molar-refractivity contribution >= 4 is 34.2 Å². The summed E-state index contributed by atoms with van der Waals surface area (Å²) >= 11 is 5.94. The van der Waals surface area contributed by atoms with E-state index in [0.717, 1.165) is 4.57 Å². The number of nitrogens with one attached hydrogen (secondary N) is 1. The first-order valence-corrected chi connectivity index (χ1v) is 6.60. The van der Waals surface area contributed by atoms with Crippen molar-refractivity contribution in [1.82, 2.24) is 9.55 Å². The van der Waals surface area contributed by atoms with Gasteiger partial charge in [0, 0.05) is 23.5 Å². The van der Waals surface area contributed by atoms with Gasteiger partial charge in [-0.25, -0.2) is 4.57 Å². The van der Waals surface area contributed by atoms with Gasteiger partial charge in [-0.1, -0.05) is 17.7 Å². The summed E-state index contributed by atoms with van der Waals surface area (Å²) in [5.74, 6) is -1.16. The monoisotopic (exact) mass is 302 g/mol. The summed E-state index contributed by atoms with van der Waals surface area (Å²) in [7, 11) is 0. The molecule has 0 atom stereocenters. The molecule has 0 aliphatic rings. The third-order valence-electron chi connectivity index (χ3n) is 3.29. The summed E-state index contributed by atoms with van der Waals surface area (Å²) in [6, 6.07) is 8.07. The molecule has 6 heteroatoms. The highest BCUT2D eigenvalue weighted by Crippen LogP contribution is 2.34. The standard InChI is InChI=1S/C15H11ClN2O3/c1-8(19)18-12-7-9(16)4-5-10(12)13(15(18)21)14(20)11-3-2-6-17-11/h2-7,17,21H,1H3. The maximum Gasteiger partial charge on any atom is 0.230 e. The number of halogens is 1. The van der Waals surface area contributed by atoms with Crippen LogP contribution < -0.4 is 0 Å². The predicted molar refractivity (Wildman–Crippen MR) is 79.1 cm³/mol. The molecule has 0 amide bonds. The molecule has 2 N–H and O–H groups in total. The SMILES string of the molecule is CC(=O)n1c(O)c(C(=O)c2ccc[nH]2)c2ccc(Cl)cc21. The molecule has 3 rings (SSSR count). The maximum atomic E-state index is 12.5. The summed E-state index contributed by atoms with van der Waals surface area (Å²) in [4.78, 5) is 27.1. The van der Waals surface area contributed by atoms with Gasteiger partial charge >= 0.3 is 0 Å². The minimum absolute atomic E-state index is 0.0827. The van der Waals surface area contributed by atoms with E-state index in [-0.39, 0.29) is 17.2 Å². The first-order valence-electron chi connectivity index (χ1n) is 6.22. The number of fused-ring (bicyclic) bond motifs is 1. The summed E-state index contributed by atoms with van der Waals surface area (Å²) in [6.07, 6.45) is 1.62. The summed E-state index contributed by atoms with van der Waals surface area (Å²) < 4.78 is 1.08. The van der Waals surface area contributed by atoms with E-state index >= 15 is 0 Å². The lowest BCUT2D eigenvalue weighted by molar-refractivity contribution is 0.0933. The molecular formula is C15H11ClN2O3. The van der Waals surface area contributed by atoms with Crippen LogP contribution in [-0.4, -0.2) is 26.3 Å². The van der Waals surface area contributed by atoms with Crippen molar-refractivity contribution in [3.8, 4) is 5.88 Å². The number of carbonyl (C=O) groups is 2. The second-order valence-corrected chi connectivity index (χ2v) is 5.06. The van der Waals surface area contributed by atoms with Gasteiger partial charge in [-0.2, -0.15) is 0 Å². The molecule has 3 aromatic rings. The number of nitrogens with zero attached hydrogens (tertiary/aromatic N) is 1. The number of rotatable bonds is 2. The fourth-order valence-electron chi connectivity index (χ4n) is 2.40. The maximum absolute atomic E-state index is 12.5. The lowest BCUT2D eigenvalue weighted by Crippen LogP contribution is -2.06. The molecule has 1 aromatic carbocycles. The average Bonchev–Trinajstić information content (AvgIpc) is 3.02. The molecule has 0 aliphatic carbocycles. The third-order valence-corrected chi connectivity index (χ3v) is 3.53. The second-order valence-electron chi connectivity index (χ2n) is 4.63. The Hall–Kier alpha value is -2.53. The fourth-order valence-corrected chi connectivity index (χ4v) is 2.56. The number of hydrogen-bond donors (Lipinski definition) is 2. The number of ketones is 1. The van der Waals surface area contributed by atoms with Crippen molar-refractivity contribution in [2.75, 3.05) is 0 Å². The van der Waals surface area contributed by atoms with Gasteiger partial charge in [-0.15, -0.1) is 0 Å². The summed E-state index contributed by atoms with van der Waals surface area (Å²) in [6.45, 7) is 1.31. The van der Waals surface area contributed by atoms with E-state index in [4.69, 9.17) is 11.6 Å². The lowest BCUT2D eigenvalue weighted by atomic mass is 10.1. The Morgan fingerprint density at radius 3 is 2.67 bits per heavy atom. The average molecular weight is 303 g/mol. The van der Waals surface area contributed by atoms with Gasteiger partial charge in [0.15, 0.2) is 0 Å². The second kappa shape index (κ2) is 4.79. The van der Waals surface area contributed by atoms with Crippen LogP contribution >= 0.6 is 11.6 Å². The number of benzene rings is 1. The summed E-state index contributed by atoms with van der Waals surface area (Å²) in [5, 5.41) is 11.2. The molecule has 0 aliphatic heterocycles. The minimum Gasteiger partial charge on any atom is -0.494 e. The Bertz CT molecular complexity index is 863. The molecule has 0 unspecified atom stereocenters. The number of hydrogen-bond acceptors (Lipinski definition) is 3. The molecule has 21 heavy (non-hydrogen) atoms. The van der Waals surface area contributed by atoms with Gasteiger partial charge in [-0.3, -0.25) is 9.59 Å². The largest absolute Gasteiger partial charge is 0.494 e. The van der Waals surface area contributed by atoms with Crippen LogP contribution in [-0.2, 0) is 0 Å².